The van der Waals surface area contributed by atoms with Gasteiger partial charge in [0.25, 0.3) is 0 Å². The highest BCUT2D eigenvalue weighted by Gasteiger charge is 2.22. The molecule has 1 aliphatic heterocycles. The van der Waals surface area contributed by atoms with Crippen LogP contribution in [0.5, 0.6) is 0 Å². The number of carbonyl (C=O) groups is 1. The molecule has 1 saturated carbocycles. The molecular weight excluding hydrogens is 316 g/mol. The first-order valence-electron chi connectivity index (χ1n) is 8.10. The second kappa shape index (κ2) is 8.80. The Morgan fingerprint density at radius 3 is 2.50 bits per heavy atom. The van der Waals surface area contributed by atoms with Crippen LogP contribution in [0.3, 0.4) is 0 Å². The van der Waals surface area contributed by atoms with Gasteiger partial charge in [0.15, 0.2) is 0 Å². The van der Waals surface area contributed by atoms with Crippen molar-refractivity contribution in [2.45, 2.75) is 48.7 Å². The predicted octanol–water partition coefficient (Wildman–Crippen LogP) is 4.08. The van der Waals surface area contributed by atoms with Gasteiger partial charge < -0.3 is 10.6 Å². The zero-order valence-corrected chi connectivity index (χ0v) is 14.5. The van der Waals surface area contributed by atoms with Crippen LogP contribution < -0.4 is 10.6 Å². The number of halogens is 1. The summed E-state index contributed by atoms with van der Waals surface area (Å²) in [6.45, 7) is 1.91. The van der Waals surface area contributed by atoms with Crippen molar-refractivity contribution < 1.29 is 4.79 Å². The van der Waals surface area contributed by atoms with E-state index in [0.29, 0.717) is 0 Å². The Bertz CT molecular complexity index is 485. The maximum Gasteiger partial charge on any atom is 0.227 e. The number of anilines is 1. The summed E-state index contributed by atoms with van der Waals surface area (Å²) in [5.74, 6) is 0.353. The van der Waals surface area contributed by atoms with E-state index in [1.54, 1.807) is 0 Å². The summed E-state index contributed by atoms with van der Waals surface area (Å²) in [6, 6.07) is 8.26. The van der Waals surface area contributed by atoms with Crippen molar-refractivity contribution >= 4 is 35.8 Å². The number of rotatable bonds is 4. The molecule has 2 aliphatic rings. The number of hydrogen-bond donors (Lipinski definition) is 2. The molecule has 122 valence electrons. The molecule has 3 rings (SSSR count). The number of piperidine rings is 1. The Morgan fingerprint density at radius 2 is 1.77 bits per heavy atom. The third kappa shape index (κ3) is 4.64. The van der Waals surface area contributed by atoms with Crippen molar-refractivity contribution in [2.75, 3.05) is 18.4 Å². The fraction of sp³-hybridized carbons (Fsp3) is 0.588. The van der Waals surface area contributed by atoms with E-state index in [0.717, 1.165) is 36.9 Å². The SMILES string of the molecule is Cl.O=C(Nc1ccccc1SC1CCCC1)C1CCNCC1. The fourth-order valence-electron chi connectivity index (χ4n) is 3.18. The van der Waals surface area contributed by atoms with Crippen molar-refractivity contribution in [1.82, 2.24) is 5.32 Å². The lowest BCUT2D eigenvalue weighted by molar-refractivity contribution is -0.120. The van der Waals surface area contributed by atoms with Crippen LogP contribution in [0.25, 0.3) is 0 Å². The van der Waals surface area contributed by atoms with Gasteiger partial charge in [0.1, 0.15) is 0 Å². The van der Waals surface area contributed by atoms with Crippen LogP contribution in [0.15, 0.2) is 29.2 Å². The third-order valence-electron chi connectivity index (χ3n) is 4.45. The molecular formula is C17H25ClN2OS. The summed E-state index contributed by atoms with van der Waals surface area (Å²) in [6.07, 6.45) is 7.21. The van der Waals surface area contributed by atoms with E-state index in [1.165, 1.54) is 30.6 Å². The van der Waals surface area contributed by atoms with Crippen LogP contribution in [0, 0.1) is 5.92 Å². The van der Waals surface area contributed by atoms with Gasteiger partial charge in [-0.3, -0.25) is 4.79 Å². The maximum atomic E-state index is 12.4. The van der Waals surface area contributed by atoms with E-state index in [-0.39, 0.29) is 24.2 Å². The average molecular weight is 341 g/mol. The van der Waals surface area contributed by atoms with Crippen molar-refractivity contribution in [1.29, 1.82) is 0 Å². The van der Waals surface area contributed by atoms with Gasteiger partial charge in [-0.15, -0.1) is 24.2 Å². The molecule has 0 aromatic heterocycles. The molecule has 1 amide bonds. The first kappa shape index (κ1) is 17.6. The number of thioether (sulfide) groups is 1. The van der Waals surface area contributed by atoms with Crippen molar-refractivity contribution in [3.05, 3.63) is 24.3 Å². The lowest BCUT2D eigenvalue weighted by Gasteiger charge is -2.22. The highest BCUT2D eigenvalue weighted by molar-refractivity contribution is 8.00. The van der Waals surface area contributed by atoms with Crippen LogP contribution in [-0.4, -0.2) is 24.2 Å². The summed E-state index contributed by atoms with van der Waals surface area (Å²) in [5, 5.41) is 7.20. The highest BCUT2D eigenvalue weighted by Crippen LogP contribution is 2.38. The lowest BCUT2D eigenvalue weighted by atomic mass is 9.97. The predicted molar refractivity (Wildman–Crippen MR) is 96.0 cm³/mol. The Balaban J connectivity index is 0.00000176. The quantitative estimate of drug-likeness (QED) is 0.867. The zero-order chi connectivity index (χ0) is 14.5. The molecule has 5 heteroatoms. The Hall–Kier alpha value is -0.710. The largest absolute Gasteiger partial charge is 0.325 e. The Kier molecular flexibility index (Phi) is 7.06. The van der Waals surface area contributed by atoms with Gasteiger partial charge in [-0.05, 0) is 50.9 Å². The fourth-order valence-corrected chi connectivity index (χ4v) is 4.51. The van der Waals surface area contributed by atoms with E-state index >= 15 is 0 Å². The van der Waals surface area contributed by atoms with Crippen LogP contribution >= 0.6 is 24.2 Å². The first-order valence-corrected chi connectivity index (χ1v) is 8.98. The molecule has 22 heavy (non-hydrogen) atoms. The van der Waals surface area contributed by atoms with Gasteiger partial charge in [-0.25, -0.2) is 0 Å². The molecule has 0 bridgehead atoms. The summed E-state index contributed by atoms with van der Waals surface area (Å²) in [7, 11) is 0. The molecule has 1 aromatic carbocycles. The number of hydrogen-bond acceptors (Lipinski definition) is 3. The number of nitrogens with one attached hydrogen (secondary N) is 2. The van der Waals surface area contributed by atoms with Crippen molar-refractivity contribution in [3.8, 4) is 0 Å². The summed E-state index contributed by atoms with van der Waals surface area (Å²) in [5.41, 5.74) is 0.998. The van der Waals surface area contributed by atoms with Crippen molar-refractivity contribution in [3.63, 3.8) is 0 Å². The summed E-state index contributed by atoms with van der Waals surface area (Å²) < 4.78 is 0. The molecule has 0 unspecified atom stereocenters. The molecule has 1 saturated heterocycles. The second-order valence-electron chi connectivity index (χ2n) is 6.03. The van der Waals surface area contributed by atoms with E-state index in [2.05, 4.69) is 22.8 Å². The Morgan fingerprint density at radius 1 is 1.09 bits per heavy atom. The minimum atomic E-state index is 0. The van der Waals surface area contributed by atoms with Crippen LogP contribution in [0.1, 0.15) is 38.5 Å². The standard InChI is InChI=1S/C17H24N2OS.ClH/c20-17(13-9-11-18-12-10-13)19-15-7-3-4-8-16(15)21-14-5-1-2-6-14;/h3-4,7-8,13-14,18H,1-2,5-6,9-12H2,(H,19,20);1H. The van der Waals surface area contributed by atoms with Crippen LogP contribution in [-0.2, 0) is 4.79 Å². The first-order chi connectivity index (χ1) is 10.3. The van der Waals surface area contributed by atoms with Crippen LogP contribution in [0.2, 0.25) is 0 Å². The molecule has 1 heterocycles. The summed E-state index contributed by atoms with van der Waals surface area (Å²) in [4.78, 5) is 13.6. The lowest BCUT2D eigenvalue weighted by Crippen LogP contribution is -2.34. The smallest absolute Gasteiger partial charge is 0.227 e. The molecule has 1 aromatic rings. The second-order valence-corrected chi connectivity index (χ2v) is 7.38. The highest BCUT2D eigenvalue weighted by atomic mass is 35.5. The van der Waals surface area contributed by atoms with Gasteiger partial charge in [0.2, 0.25) is 5.91 Å². The Labute approximate surface area is 143 Å². The molecule has 0 radical (unpaired) electrons. The van der Waals surface area contributed by atoms with Crippen LogP contribution in [0.4, 0.5) is 5.69 Å². The van der Waals surface area contributed by atoms with E-state index in [1.807, 2.05) is 23.9 Å². The molecule has 0 atom stereocenters. The number of benzene rings is 1. The normalized spacial score (nSPS) is 19.6. The van der Waals surface area contributed by atoms with Gasteiger partial charge in [-0.1, -0.05) is 25.0 Å². The monoisotopic (exact) mass is 340 g/mol. The number of amides is 1. The van der Waals surface area contributed by atoms with Gasteiger partial charge in [0, 0.05) is 16.1 Å². The summed E-state index contributed by atoms with van der Waals surface area (Å²) >= 11 is 1.94. The zero-order valence-electron chi connectivity index (χ0n) is 12.8. The maximum absolute atomic E-state index is 12.4. The van der Waals surface area contributed by atoms with E-state index < -0.39 is 0 Å². The number of para-hydroxylation sites is 1. The molecule has 2 fully saturated rings. The minimum Gasteiger partial charge on any atom is -0.325 e. The molecule has 2 N–H and O–H groups in total. The molecule has 3 nitrogen and oxygen atoms in total. The molecule has 1 aliphatic carbocycles. The van der Waals surface area contributed by atoms with E-state index in [9.17, 15) is 4.79 Å². The topological polar surface area (TPSA) is 41.1 Å². The molecule has 0 spiro atoms. The van der Waals surface area contributed by atoms with Gasteiger partial charge in [-0.2, -0.15) is 0 Å². The van der Waals surface area contributed by atoms with Crippen molar-refractivity contribution in [2.24, 2.45) is 5.92 Å². The average Bonchev–Trinajstić information content (AvgIpc) is 3.03. The van der Waals surface area contributed by atoms with Gasteiger partial charge >= 0.3 is 0 Å². The van der Waals surface area contributed by atoms with Gasteiger partial charge in [0.05, 0.1) is 5.69 Å². The number of carbonyl (C=O) groups excluding carboxylic acids is 1. The minimum absolute atomic E-state index is 0. The van der Waals surface area contributed by atoms with E-state index in [4.69, 9.17) is 0 Å². The third-order valence-corrected chi connectivity index (χ3v) is 5.87.